The van der Waals surface area contributed by atoms with Crippen LogP contribution in [0.15, 0.2) is 6.07 Å². The summed E-state index contributed by atoms with van der Waals surface area (Å²) in [7, 11) is 0. The monoisotopic (exact) mass is 293 g/mol. The van der Waals surface area contributed by atoms with Crippen LogP contribution >= 0.6 is 11.3 Å². The maximum absolute atomic E-state index is 12.1. The van der Waals surface area contributed by atoms with Gasteiger partial charge in [-0.1, -0.05) is 13.8 Å². The zero-order chi connectivity index (χ0) is 14.3. The standard InChI is InChI=1S/C15H23N3OS/c1-15(2)6-3-7-18(9-15)12-8-11(16)13(20-12)14(19)17-10-4-5-10/h8,10H,3-7,9,16H2,1-2H3,(H,17,19). The Balaban J connectivity index is 1.75. The minimum Gasteiger partial charge on any atom is -0.397 e. The van der Waals surface area contributed by atoms with E-state index in [0.29, 0.717) is 22.0 Å². The molecule has 3 rings (SSSR count). The molecule has 1 saturated heterocycles. The Kier molecular flexibility index (Phi) is 3.40. The van der Waals surface area contributed by atoms with Gasteiger partial charge in [0.2, 0.25) is 0 Å². The number of carbonyl (C=O) groups is 1. The summed E-state index contributed by atoms with van der Waals surface area (Å²) in [6, 6.07) is 2.34. The molecule has 0 unspecified atom stereocenters. The number of thiophene rings is 1. The number of nitrogens with two attached hydrogens (primary N) is 1. The minimum absolute atomic E-state index is 0.00230. The van der Waals surface area contributed by atoms with Gasteiger partial charge in [-0.2, -0.15) is 0 Å². The Labute approximate surface area is 124 Å². The molecule has 20 heavy (non-hydrogen) atoms. The molecule has 1 aliphatic carbocycles. The van der Waals surface area contributed by atoms with E-state index >= 15 is 0 Å². The largest absolute Gasteiger partial charge is 0.397 e. The molecule has 1 aromatic heterocycles. The van der Waals surface area contributed by atoms with Crippen molar-refractivity contribution in [3.63, 3.8) is 0 Å². The summed E-state index contributed by atoms with van der Waals surface area (Å²) >= 11 is 1.53. The van der Waals surface area contributed by atoms with Gasteiger partial charge in [-0.15, -0.1) is 11.3 Å². The zero-order valence-corrected chi connectivity index (χ0v) is 13.1. The van der Waals surface area contributed by atoms with Crippen LogP contribution in [0.5, 0.6) is 0 Å². The molecule has 0 radical (unpaired) electrons. The van der Waals surface area contributed by atoms with Gasteiger partial charge >= 0.3 is 0 Å². The van der Waals surface area contributed by atoms with Crippen molar-refractivity contribution >= 4 is 27.9 Å². The zero-order valence-electron chi connectivity index (χ0n) is 12.2. The summed E-state index contributed by atoms with van der Waals surface area (Å²) < 4.78 is 0. The molecule has 4 nitrogen and oxygen atoms in total. The molecule has 1 aromatic rings. The predicted molar refractivity (Wildman–Crippen MR) is 84.4 cm³/mol. The molecular formula is C15H23N3OS. The lowest BCUT2D eigenvalue weighted by Crippen LogP contribution is -2.39. The molecule has 0 bridgehead atoms. The van der Waals surface area contributed by atoms with Gasteiger partial charge in [-0.3, -0.25) is 4.79 Å². The molecule has 1 aliphatic heterocycles. The van der Waals surface area contributed by atoms with Gasteiger partial charge < -0.3 is 16.0 Å². The Morgan fingerprint density at radius 2 is 2.25 bits per heavy atom. The first-order valence-corrected chi connectivity index (χ1v) is 8.21. The van der Waals surface area contributed by atoms with Crippen molar-refractivity contribution in [3.05, 3.63) is 10.9 Å². The van der Waals surface area contributed by atoms with Gasteiger partial charge in [0.15, 0.2) is 0 Å². The molecule has 1 saturated carbocycles. The first kappa shape index (κ1) is 13.7. The van der Waals surface area contributed by atoms with Gasteiger partial charge in [0.1, 0.15) is 4.88 Å². The van der Waals surface area contributed by atoms with Crippen molar-refractivity contribution < 1.29 is 4.79 Å². The number of carbonyl (C=O) groups excluding carboxylic acids is 1. The summed E-state index contributed by atoms with van der Waals surface area (Å²) in [5, 5.41) is 4.15. The lowest BCUT2D eigenvalue weighted by Gasteiger charge is -2.38. The van der Waals surface area contributed by atoms with E-state index in [1.807, 2.05) is 6.07 Å². The van der Waals surface area contributed by atoms with Gasteiger partial charge in [0.05, 0.1) is 10.7 Å². The molecule has 3 N–H and O–H groups in total. The Hall–Kier alpha value is -1.23. The molecule has 2 aliphatic rings. The van der Waals surface area contributed by atoms with E-state index in [1.165, 1.54) is 24.2 Å². The van der Waals surface area contributed by atoms with E-state index in [0.717, 1.165) is 30.9 Å². The van der Waals surface area contributed by atoms with E-state index in [2.05, 4.69) is 24.1 Å². The lowest BCUT2D eigenvalue weighted by atomic mass is 9.84. The van der Waals surface area contributed by atoms with Gasteiger partial charge in [-0.25, -0.2) is 0 Å². The third-order valence-corrected chi connectivity index (χ3v) is 5.29. The third-order valence-electron chi connectivity index (χ3n) is 4.08. The van der Waals surface area contributed by atoms with E-state index in [-0.39, 0.29) is 5.91 Å². The quantitative estimate of drug-likeness (QED) is 0.901. The Bertz CT molecular complexity index is 519. The second kappa shape index (κ2) is 4.95. The number of nitrogen functional groups attached to an aromatic ring is 1. The van der Waals surface area contributed by atoms with Crippen molar-refractivity contribution in [3.8, 4) is 0 Å². The molecule has 2 heterocycles. The molecule has 1 amide bonds. The summed E-state index contributed by atoms with van der Waals surface area (Å²) in [6.07, 6.45) is 4.67. The smallest absolute Gasteiger partial charge is 0.263 e. The summed E-state index contributed by atoms with van der Waals surface area (Å²) in [4.78, 5) is 15.2. The van der Waals surface area contributed by atoms with Crippen molar-refractivity contribution in [1.29, 1.82) is 0 Å². The molecule has 0 atom stereocenters. The number of nitrogens with one attached hydrogen (secondary N) is 1. The molecular weight excluding hydrogens is 270 g/mol. The van der Waals surface area contributed by atoms with E-state index in [9.17, 15) is 4.79 Å². The minimum atomic E-state index is -0.00230. The van der Waals surface area contributed by atoms with Crippen LogP contribution in [0.3, 0.4) is 0 Å². The van der Waals surface area contributed by atoms with Crippen LogP contribution in [0.1, 0.15) is 49.2 Å². The van der Waals surface area contributed by atoms with Crippen molar-refractivity contribution in [2.45, 2.75) is 45.6 Å². The van der Waals surface area contributed by atoms with Gasteiger partial charge in [-0.05, 0) is 37.2 Å². The summed E-state index contributed by atoms with van der Waals surface area (Å²) in [5.41, 5.74) is 6.99. The van der Waals surface area contributed by atoms with Crippen LogP contribution in [-0.4, -0.2) is 25.0 Å². The van der Waals surface area contributed by atoms with Crippen LogP contribution in [0.25, 0.3) is 0 Å². The van der Waals surface area contributed by atoms with E-state index in [4.69, 9.17) is 5.73 Å². The van der Waals surface area contributed by atoms with Crippen molar-refractivity contribution in [1.82, 2.24) is 5.32 Å². The van der Waals surface area contributed by atoms with Crippen LogP contribution < -0.4 is 16.0 Å². The SMILES string of the molecule is CC1(C)CCCN(c2cc(N)c(C(=O)NC3CC3)s2)C1. The van der Waals surface area contributed by atoms with Crippen molar-refractivity contribution in [2.75, 3.05) is 23.7 Å². The Morgan fingerprint density at radius 3 is 2.90 bits per heavy atom. The number of piperidine rings is 1. The highest BCUT2D eigenvalue weighted by Gasteiger charge is 2.29. The van der Waals surface area contributed by atoms with E-state index < -0.39 is 0 Å². The first-order valence-electron chi connectivity index (χ1n) is 7.40. The highest BCUT2D eigenvalue weighted by Crippen LogP contribution is 2.37. The van der Waals surface area contributed by atoms with Crippen LogP contribution in [0.4, 0.5) is 10.7 Å². The topological polar surface area (TPSA) is 58.4 Å². The predicted octanol–water partition coefficient (Wildman–Crippen LogP) is 2.85. The van der Waals surface area contributed by atoms with Crippen LogP contribution in [0.2, 0.25) is 0 Å². The molecule has 2 fully saturated rings. The summed E-state index contributed by atoms with van der Waals surface area (Å²) in [5.74, 6) is -0.00230. The second-order valence-electron chi connectivity index (χ2n) is 6.81. The number of hydrogen-bond acceptors (Lipinski definition) is 4. The number of amides is 1. The van der Waals surface area contributed by atoms with Crippen LogP contribution in [0, 0.1) is 5.41 Å². The Morgan fingerprint density at radius 1 is 1.50 bits per heavy atom. The number of nitrogens with zero attached hydrogens (tertiary/aromatic N) is 1. The fourth-order valence-corrected chi connectivity index (χ4v) is 3.82. The molecule has 0 aromatic carbocycles. The lowest BCUT2D eigenvalue weighted by molar-refractivity contribution is 0.0956. The molecule has 0 spiro atoms. The van der Waals surface area contributed by atoms with E-state index in [1.54, 1.807) is 0 Å². The van der Waals surface area contributed by atoms with Gasteiger partial charge in [0, 0.05) is 19.1 Å². The maximum atomic E-state index is 12.1. The average Bonchev–Trinajstić information content (AvgIpc) is 3.08. The highest BCUT2D eigenvalue weighted by atomic mass is 32.1. The maximum Gasteiger partial charge on any atom is 0.263 e. The fraction of sp³-hybridized carbons (Fsp3) is 0.667. The number of rotatable bonds is 3. The molecule has 5 heteroatoms. The number of anilines is 2. The third kappa shape index (κ3) is 2.92. The van der Waals surface area contributed by atoms with Crippen molar-refractivity contribution in [2.24, 2.45) is 5.41 Å². The number of hydrogen-bond donors (Lipinski definition) is 2. The highest BCUT2D eigenvalue weighted by molar-refractivity contribution is 7.18. The second-order valence-corrected chi connectivity index (χ2v) is 7.84. The normalized spacial score (nSPS) is 21.8. The fourth-order valence-electron chi connectivity index (χ4n) is 2.81. The van der Waals surface area contributed by atoms with Gasteiger partial charge in [0.25, 0.3) is 5.91 Å². The summed E-state index contributed by atoms with van der Waals surface area (Å²) in [6.45, 7) is 6.71. The van der Waals surface area contributed by atoms with Crippen LogP contribution in [-0.2, 0) is 0 Å². The first-order chi connectivity index (χ1) is 9.44. The average molecular weight is 293 g/mol. The molecule has 110 valence electrons.